The van der Waals surface area contributed by atoms with Crippen molar-refractivity contribution in [2.24, 2.45) is 11.8 Å². The average molecular weight is 814 g/mol. The van der Waals surface area contributed by atoms with E-state index in [1.165, 1.54) is 14.2 Å². The summed E-state index contributed by atoms with van der Waals surface area (Å²) < 4.78 is 9.52. The van der Waals surface area contributed by atoms with Gasteiger partial charge in [0.1, 0.15) is 23.9 Å². The standard InChI is InChI=1S/C45H51N9O6/c1-25(2)38(52-45(58)60-4)43(56)53-19-5-6-37(53)40-47-23-35(49-40)27-9-7-26(8-10-27)28-11-12-30-21-31(14-13-29(30)20-28)36-24-48-41(50-36)39-32-15-16-33(22-32)54(39)42(55)34(17-18-46)51-44(57)59-3/h7-14,20-21,23-25,32-34,37-39,43,56H,5-6,15-17,19,22H2,1-4H3,(H,47,49)(H,48,50)(H,51,57)(H,52,58)/t32-,33+,34-,37-,38-,39-,43?/m0/s1. The molecular formula is C45H51N9O6. The first-order valence-electron chi connectivity index (χ1n) is 20.6. The van der Waals surface area contributed by atoms with E-state index in [0.29, 0.717) is 12.4 Å². The van der Waals surface area contributed by atoms with Crippen molar-refractivity contribution in [1.29, 1.82) is 5.26 Å². The van der Waals surface area contributed by atoms with Crippen LogP contribution in [0.2, 0.25) is 0 Å². The minimum Gasteiger partial charge on any atom is -0.453 e. The number of ether oxygens (including phenoxy) is 2. The number of alkyl carbamates (subject to hydrolysis) is 2. The molecule has 1 saturated carbocycles. The highest BCUT2D eigenvalue weighted by molar-refractivity contribution is 5.91. The Morgan fingerprint density at radius 2 is 1.47 bits per heavy atom. The third-order valence-electron chi connectivity index (χ3n) is 12.5. The Morgan fingerprint density at radius 1 is 0.850 bits per heavy atom. The lowest BCUT2D eigenvalue weighted by atomic mass is 9.97. The Morgan fingerprint density at radius 3 is 2.17 bits per heavy atom. The molecule has 312 valence electrons. The van der Waals surface area contributed by atoms with Crippen LogP contribution in [0.5, 0.6) is 0 Å². The molecule has 1 unspecified atom stereocenters. The first kappa shape index (κ1) is 40.5. The van der Waals surface area contributed by atoms with Crippen LogP contribution in [0.1, 0.15) is 76.1 Å². The summed E-state index contributed by atoms with van der Waals surface area (Å²) in [6.45, 7) is 4.61. The fraction of sp³-hybridized carbons (Fsp3) is 0.422. The summed E-state index contributed by atoms with van der Waals surface area (Å²) in [6, 6.07) is 21.3. The molecule has 3 amide bonds. The van der Waals surface area contributed by atoms with Gasteiger partial charge in [0.15, 0.2) is 0 Å². The fourth-order valence-corrected chi connectivity index (χ4v) is 9.44. The molecule has 0 radical (unpaired) electrons. The third kappa shape index (κ3) is 7.92. The molecule has 2 aliphatic heterocycles. The van der Waals surface area contributed by atoms with Gasteiger partial charge in [-0.15, -0.1) is 0 Å². The minimum absolute atomic E-state index is 0.0104. The predicted octanol–water partition coefficient (Wildman–Crippen LogP) is 6.81. The number of aliphatic hydroxyl groups is 1. The van der Waals surface area contributed by atoms with E-state index < -0.39 is 30.5 Å². The number of methoxy groups -OCH3 is 2. The highest BCUT2D eigenvalue weighted by atomic mass is 16.5. The number of nitriles is 1. The molecule has 1 aliphatic carbocycles. The molecule has 8 rings (SSSR count). The first-order chi connectivity index (χ1) is 29.1. The Kier molecular flexibility index (Phi) is 11.6. The summed E-state index contributed by atoms with van der Waals surface area (Å²) in [5.74, 6) is 1.42. The van der Waals surface area contributed by atoms with E-state index in [4.69, 9.17) is 19.4 Å². The number of amides is 3. The van der Waals surface area contributed by atoms with Gasteiger partial charge >= 0.3 is 12.2 Å². The van der Waals surface area contributed by atoms with Crippen LogP contribution in [0, 0.1) is 23.2 Å². The number of hydrogen-bond acceptors (Lipinski definition) is 10. The topological polar surface area (TPSA) is 202 Å². The number of hydrogen-bond donors (Lipinski definition) is 5. The summed E-state index contributed by atoms with van der Waals surface area (Å²) in [4.78, 5) is 58.1. The fourth-order valence-electron chi connectivity index (χ4n) is 9.44. The van der Waals surface area contributed by atoms with Gasteiger partial charge in [-0.3, -0.25) is 9.69 Å². The number of aliphatic hydroxyl groups excluding tert-OH is 1. The number of fused-ring (bicyclic) bond motifs is 3. The minimum atomic E-state index is -0.995. The zero-order valence-electron chi connectivity index (χ0n) is 34.2. The molecule has 3 fully saturated rings. The number of carbonyl (C=O) groups excluding carboxylic acids is 3. The second-order valence-electron chi connectivity index (χ2n) is 16.4. The molecule has 60 heavy (non-hydrogen) atoms. The molecule has 2 saturated heterocycles. The number of carbonyl (C=O) groups is 3. The Balaban J connectivity index is 0.952. The van der Waals surface area contributed by atoms with E-state index in [-0.39, 0.29) is 42.3 Å². The number of benzene rings is 3. The predicted molar refractivity (Wildman–Crippen MR) is 224 cm³/mol. The Bertz CT molecular complexity index is 2400. The van der Waals surface area contributed by atoms with Gasteiger partial charge in [0.05, 0.1) is 68.6 Å². The quantitative estimate of drug-likeness (QED) is 0.0891. The maximum Gasteiger partial charge on any atom is 0.407 e. The van der Waals surface area contributed by atoms with E-state index in [1.54, 1.807) is 0 Å². The number of nitrogens with one attached hydrogen (secondary N) is 4. The van der Waals surface area contributed by atoms with Gasteiger partial charge in [0.2, 0.25) is 5.91 Å². The summed E-state index contributed by atoms with van der Waals surface area (Å²) in [7, 11) is 2.55. The molecular weight excluding hydrogens is 763 g/mol. The van der Waals surface area contributed by atoms with Crippen molar-refractivity contribution in [3.05, 3.63) is 84.7 Å². The molecule has 4 heterocycles. The molecule has 15 heteroatoms. The van der Waals surface area contributed by atoms with E-state index >= 15 is 0 Å². The molecule has 5 N–H and O–H groups in total. The summed E-state index contributed by atoms with van der Waals surface area (Å²) >= 11 is 0. The van der Waals surface area contributed by atoms with Crippen LogP contribution in [-0.2, 0) is 14.3 Å². The zero-order chi connectivity index (χ0) is 42.1. The van der Waals surface area contributed by atoms with Crippen LogP contribution in [0.4, 0.5) is 9.59 Å². The van der Waals surface area contributed by atoms with Gasteiger partial charge in [-0.05, 0) is 83.5 Å². The number of H-pyrrole nitrogens is 2. The first-order valence-corrected chi connectivity index (χ1v) is 20.6. The summed E-state index contributed by atoms with van der Waals surface area (Å²) in [5, 5.41) is 28.3. The molecule has 5 aromatic rings. The van der Waals surface area contributed by atoms with Gasteiger partial charge < -0.3 is 40.1 Å². The number of nitrogens with zero attached hydrogens (tertiary/aromatic N) is 5. The van der Waals surface area contributed by atoms with Gasteiger partial charge in [-0.25, -0.2) is 19.6 Å². The van der Waals surface area contributed by atoms with Crippen molar-refractivity contribution in [3.63, 3.8) is 0 Å². The second-order valence-corrected chi connectivity index (χ2v) is 16.4. The van der Waals surface area contributed by atoms with Gasteiger partial charge in [-0.1, -0.05) is 62.4 Å². The number of likely N-dealkylation sites (tertiary alicyclic amines) is 2. The van der Waals surface area contributed by atoms with E-state index in [0.717, 1.165) is 82.3 Å². The van der Waals surface area contributed by atoms with Crippen molar-refractivity contribution >= 4 is 28.9 Å². The third-order valence-corrected chi connectivity index (χ3v) is 12.5. The monoisotopic (exact) mass is 813 g/mol. The Labute approximate surface area is 348 Å². The normalized spacial score (nSPS) is 21.4. The second kappa shape index (κ2) is 17.2. The molecule has 2 bridgehead atoms. The number of imidazole rings is 2. The van der Waals surface area contributed by atoms with Crippen molar-refractivity contribution < 1.29 is 29.0 Å². The molecule has 2 aromatic heterocycles. The number of aromatic nitrogens is 4. The van der Waals surface area contributed by atoms with Crippen LogP contribution < -0.4 is 10.6 Å². The molecule has 0 spiro atoms. The van der Waals surface area contributed by atoms with Crippen LogP contribution in [0.3, 0.4) is 0 Å². The zero-order valence-corrected chi connectivity index (χ0v) is 34.2. The number of piperidine rings is 1. The number of rotatable bonds is 12. The van der Waals surface area contributed by atoms with Crippen molar-refractivity contribution in [2.75, 3.05) is 20.8 Å². The van der Waals surface area contributed by atoms with Crippen molar-refractivity contribution in [1.82, 2.24) is 40.4 Å². The Hall–Kier alpha value is -6.24. The highest BCUT2D eigenvalue weighted by Gasteiger charge is 2.51. The molecule has 7 atom stereocenters. The van der Waals surface area contributed by atoms with E-state index in [9.17, 15) is 24.8 Å². The highest BCUT2D eigenvalue weighted by Crippen LogP contribution is 2.50. The summed E-state index contributed by atoms with van der Waals surface area (Å²) in [6.07, 6.45) is 5.75. The number of aromatic amines is 2. The lowest BCUT2D eigenvalue weighted by molar-refractivity contribution is -0.138. The smallest absolute Gasteiger partial charge is 0.407 e. The summed E-state index contributed by atoms with van der Waals surface area (Å²) in [5.41, 5.74) is 5.87. The maximum absolute atomic E-state index is 13.8. The van der Waals surface area contributed by atoms with Crippen molar-refractivity contribution in [3.8, 4) is 39.7 Å². The van der Waals surface area contributed by atoms with E-state index in [2.05, 4.69) is 81.3 Å². The average Bonchev–Trinajstić information content (AvgIpc) is 4.13. The van der Waals surface area contributed by atoms with Crippen LogP contribution >= 0.6 is 0 Å². The van der Waals surface area contributed by atoms with Crippen LogP contribution in [0.15, 0.2) is 73.1 Å². The molecule has 15 nitrogen and oxygen atoms in total. The van der Waals surface area contributed by atoms with Crippen LogP contribution in [0.25, 0.3) is 44.4 Å². The van der Waals surface area contributed by atoms with Gasteiger partial charge in [0.25, 0.3) is 0 Å². The van der Waals surface area contributed by atoms with Gasteiger partial charge in [0, 0.05) is 18.2 Å². The van der Waals surface area contributed by atoms with E-state index in [1.807, 2.05) is 42.1 Å². The lowest BCUT2D eigenvalue weighted by Crippen LogP contribution is -2.54. The molecule has 3 aromatic carbocycles. The maximum atomic E-state index is 13.8. The SMILES string of the molecule is COC(=O)N[C@@H](C(C)C)C(O)N1CCC[C@H]1c1ncc(-c2ccc(-c3ccc4cc(-c5cnc([C@@H]6[C@H]7CC[C@H](C7)N6C(=O)[C@H](CC#N)NC(=O)OC)[nH]5)ccc4c3)cc2)[nH]1. The largest absolute Gasteiger partial charge is 0.453 e. The molecule has 3 aliphatic rings. The lowest BCUT2D eigenvalue weighted by Gasteiger charge is -2.36. The van der Waals surface area contributed by atoms with Gasteiger partial charge in [-0.2, -0.15) is 5.26 Å². The van der Waals surface area contributed by atoms with Crippen LogP contribution in [-0.4, -0.2) is 98.1 Å². The van der Waals surface area contributed by atoms with Crippen molar-refractivity contribution in [2.45, 2.75) is 88.8 Å².